The predicted octanol–water partition coefficient (Wildman–Crippen LogP) is 3.09. The zero-order valence-electron chi connectivity index (χ0n) is 12.5. The van der Waals surface area contributed by atoms with Crippen LogP contribution in [0.2, 0.25) is 0 Å². The Bertz CT molecular complexity index is 215. The lowest BCUT2D eigenvalue weighted by atomic mass is 10.0. The van der Waals surface area contributed by atoms with Crippen molar-refractivity contribution < 1.29 is 9.84 Å². The molecular formula is C15H31NO2. The fourth-order valence-corrected chi connectivity index (χ4v) is 1.81. The van der Waals surface area contributed by atoms with E-state index in [-0.39, 0.29) is 18.6 Å². The Balaban J connectivity index is 3.58. The van der Waals surface area contributed by atoms with Gasteiger partial charge in [-0.15, -0.1) is 0 Å². The average molecular weight is 257 g/mol. The molecule has 0 aromatic heterocycles. The van der Waals surface area contributed by atoms with Crippen LogP contribution in [0.4, 0.5) is 0 Å². The first-order valence-electron chi connectivity index (χ1n) is 7.12. The quantitative estimate of drug-likeness (QED) is 0.559. The van der Waals surface area contributed by atoms with Crippen molar-refractivity contribution in [3.05, 3.63) is 12.3 Å². The minimum atomic E-state index is 0.220. The molecule has 0 heterocycles. The van der Waals surface area contributed by atoms with E-state index in [9.17, 15) is 5.11 Å². The molecule has 0 saturated heterocycles. The third-order valence-electron chi connectivity index (χ3n) is 2.76. The maximum absolute atomic E-state index is 9.26. The summed E-state index contributed by atoms with van der Waals surface area (Å²) in [6, 6.07) is 0.460. The Morgan fingerprint density at radius 2 is 1.89 bits per heavy atom. The van der Waals surface area contributed by atoms with Crippen molar-refractivity contribution in [1.82, 2.24) is 5.32 Å². The topological polar surface area (TPSA) is 41.5 Å². The van der Waals surface area contributed by atoms with Gasteiger partial charge in [0.1, 0.15) is 0 Å². The number of unbranched alkanes of at least 4 members (excludes halogenated alkanes) is 1. The van der Waals surface area contributed by atoms with Crippen molar-refractivity contribution >= 4 is 0 Å². The molecule has 0 aromatic carbocycles. The molecule has 0 fully saturated rings. The zero-order valence-corrected chi connectivity index (χ0v) is 12.5. The van der Waals surface area contributed by atoms with Crippen LogP contribution in [-0.2, 0) is 4.74 Å². The van der Waals surface area contributed by atoms with Crippen LogP contribution in [-0.4, -0.2) is 30.5 Å². The van der Waals surface area contributed by atoms with Crippen LogP contribution in [0.15, 0.2) is 12.3 Å². The summed E-state index contributed by atoms with van der Waals surface area (Å²) in [6.07, 6.45) is 4.52. The molecule has 0 aliphatic rings. The van der Waals surface area contributed by atoms with Crippen LogP contribution < -0.4 is 5.32 Å². The molecule has 2 N–H and O–H groups in total. The number of hydrogen-bond donors (Lipinski definition) is 2. The first-order valence-corrected chi connectivity index (χ1v) is 7.12. The molecular weight excluding hydrogens is 226 g/mol. The predicted molar refractivity (Wildman–Crippen MR) is 77.5 cm³/mol. The lowest BCUT2D eigenvalue weighted by molar-refractivity contribution is 0.0308. The van der Waals surface area contributed by atoms with Crippen molar-refractivity contribution in [3.8, 4) is 0 Å². The Kier molecular flexibility index (Phi) is 10.1. The third kappa shape index (κ3) is 10.6. The maximum Gasteiger partial charge on any atom is 0.0519 e. The number of allylic oxidation sites excluding steroid dienone is 1. The fraction of sp³-hybridized carbons (Fsp3) is 0.867. The molecule has 3 heteroatoms. The minimum Gasteiger partial charge on any atom is -0.396 e. The van der Waals surface area contributed by atoms with Crippen LogP contribution >= 0.6 is 0 Å². The molecule has 0 bridgehead atoms. The highest BCUT2D eigenvalue weighted by atomic mass is 16.5. The molecule has 0 amide bonds. The van der Waals surface area contributed by atoms with E-state index in [1.54, 1.807) is 0 Å². The molecule has 0 saturated carbocycles. The summed E-state index contributed by atoms with van der Waals surface area (Å²) < 4.78 is 5.54. The van der Waals surface area contributed by atoms with E-state index in [1.807, 2.05) is 13.8 Å². The first kappa shape index (κ1) is 17.5. The van der Waals surface area contributed by atoms with E-state index in [4.69, 9.17) is 4.74 Å². The lowest BCUT2D eigenvalue weighted by Crippen LogP contribution is -2.21. The summed E-state index contributed by atoms with van der Waals surface area (Å²) in [7, 11) is 0. The van der Waals surface area contributed by atoms with Crippen LogP contribution in [0.1, 0.15) is 53.4 Å². The second-order valence-corrected chi connectivity index (χ2v) is 5.58. The third-order valence-corrected chi connectivity index (χ3v) is 2.76. The van der Waals surface area contributed by atoms with Crippen LogP contribution in [0.25, 0.3) is 0 Å². The van der Waals surface area contributed by atoms with Gasteiger partial charge >= 0.3 is 0 Å². The summed E-state index contributed by atoms with van der Waals surface area (Å²) in [4.78, 5) is 0. The highest BCUT2D eigenvalue weighted by Crippen LogP contribution is 2.12. The summed E-state index contributed by atoms with van der Waals surface area (Å²) in [5.41, 5.74) is 1.11. The minimum absolute atomic E-state index is 0.220. The van der Waals surface area contributed by atoms with E-state index in [2.05, 4.69) is 25.7 Å². The van der Waals surface area contributed by atoms with E-state index in [0.29, 0.717) is 12.6 Å². The number of aliphatic hydroxyl groups excluding tert-OH is 1. The molecule has 18 heavy (non-hydrogen) atoms. The SMILES string of the molecule is C=C(CCCCC(CO)COC(C)C)NC(C)C. The number of hydrogen-bond acceptors (Lipinski definition) is 3. The van der Waals surface area contributed by atoms with E-state index in [0.717, 1.165) is 31.4 Å². The van der Waals surface area contributed by atoms with Gasteiger partial charge < -0.3 is 15.2 Å². The van der Waals surface area contributed by atoms with Gasteiger partial charge in [-0.25, -0.2) is 0 Å². The number of aliphatic hydroxyl groups is 1. The largest absolute Gasteiger partial charge is 0.396 e. The van der Waals surface area contributed by atoms with Gasteiger partial charge in [-0.05, 0) is 47.0 Å². The molecule has 0 aliphatic carbocycles. The summed E-state index contributed by atoms with van der Waals surface area (Å²) in [6.45, 7) is 13.2. The molecule has 3 nitrogen and oxygen atoms in total. The molecule has 108 valence electrons. The zero-order chi connectivity index (χ0) is 14.0. The highest BCUT2D eigenvalue weighted by molar-refractivity contribution is 4.91. The van der Waals surface area contributed by atoms with Crippen molar-refractivity contribution in [2.45, 2.75) is 65.5 Å². The van der Waals surface area contributed by atoms with Gasteiger partial charge in [0.15, 0.2) is 0 Å². The Morgan fingerprint density at radius 1 is 1.22 bits per heavy atom. The highest BCUT2D eigenvalue weighted by Gasteiger charge is 2.08. The summed E-state index contributed by atoms with van der Waals surface area (Å²) in [5.74, 6) is 0.277. The number of ether oxygens (including phenoxy) is 1. The number of rotatable bonds is 11. The van der Waals surface area contributed by atoms with Gasteiger partial charge in [0.25, 0.3) is 0 Å². The average Bonchev–Trinajstić information content (AvgIpc) is 2.26. The number of nitrogens with one attached hydrogen (secondary N) is 1. The van der Waals surface area contributed by atoms with Crippen molar-refractivity contribution in [2.24, 2.45) is 5.92 Å². The standard InChI is InChI=1S/C15H31NO2/c1-12(2)16-14(5)8-6-7-9-15(10-17)11-18-13(3)4/h12-13,15-17H,5-11H2,1-4H3. The monoisotopic (exact) mass is 257 g/mol. The maximum atomic E-state index is 9.26. The van der Waals surface area contributed by atoms with Gasteiger partial charge in [0, 0.05) is 24.3 Å². The second-order valence-electron chi connectivity index (χ2n) is 5.58. The van der Waals surface area contributed by atoms with Gasteiger partial charge in [-0.3, -0.25) is 0 Å². The van der Waals surface area contributed by atoms with Crippen LogP contribution in [0.3, 0.4) is 0 Å². The molecule has 1 unspecified atom stereocenters. The van der Waals surface area contributed by atoms with E-state index in [1.165, 1.54) is 0 Å². The first-order chi connectivity index (χ1) is 8.45. The second kappa shape index (κ2) is 10.4. The summed E-state index contributed by atoms with van der Waals surface area (Å²) >= 11 is 0. The van der Waals surface area contributed by atoms with E-state index < -0.39 is 0 Å². The molecule has 0 radical (unpaired) electrons. The molecule has 0 spiro atoms. The van der Waals surface area contributed by atoms with Crippen LogP contribution in [0.5, 0.6) is 0 Å². The summed E-state index contributed by atoms with van der Waals surface area (Å²) in [5, 5.41) is 12.6. The van der Waals surface area contributed by atoms with E-state index >= 15 is 0 Å². The Labute approximate surface area is 113 Å². The smallest absolute Gasteiger partial charge is 0.0519 e. The molecule has 0 aromatic rings. The van der Waals surface area contributed by atoms with Crippen molar-refractivity contribution in [3.63, 3.8) is 0 Å². The van der Waals surface area contributed by atoms with Gasteiger partial charge in [0.05, 0.1) is 12.7 Å². The van der Waals surface area contributed by atoms with Crippen LogP contribution in [0, 0.1) is 5.92 Å². The molecule has 1 atom stereocenters. The Morgan fingerprint density at radius 3 is 2.39 bits per heavy atom. The van der Waals surface area contributed by atoms with Gasteiger partial charge in [0.2, 0.25) is 0 Å². The van der Waals surface area contributed by atoms with Crippen molar-refractivity contribution in [1.29, 1.82) is 0 Å². The van der Waals surface area contributed by atoms with Gasteiger partial charge in [-0.2, -0.15) is 0 Å². The lowest BCUT2D eigenvalue weighted by Gasteiger charge is -2.17. The van der Waals surface area contributed by atoms with Gasteiger partial charge in [-0.1, -0.05) is 13.0 Å². The Hall–Kier alpha value is -0.540. The fourth-order valence-electron chi connectivity index (χ4n) is 1.81. The molecule has 0 aliphatic heterocycles. The molecule has 0 rings (SSSR count). The van der Waals surface area contributed by atoms with Crippen molar-refractivity contribution in [2.75, 3.05) is 13.2 Å². The normalized spacial score (nSPS) is 13.1.